The molecule has 0 bridgehead atoms. The Morgan fingerprint density at radius 3 is 2.44 bits per heavy atom. The van der Waals surface area contributed by atoms with Crippen LogP contribution in [0.3, 0.4) is 0 Å². The Balaban J connectivity index is 1.37. The smallest absolute Gasteiger partial charge is 0.270 e. The minimum atomic E-state index is -0.0855. The van der Waals surface area contributed by atoms with Gasteiger partial charge in [0.15, 0.2) is 0 Å². The van der Waals surface area contributed by atoms with Gasteiger partial charge in [0.25, 0.3) is 5.91 Å². The van der Waals surface area contributed by atoms with Crippen LogP contribution in [0.4, 0.5) is 11.8 Å². The third-order valence-corrected chi connectivity index (χ3v) is 5.35. The number of carbonyl (C=O) groups is 1. The molecule has 7 heteroatoms. The van der Waals surface area contributed by atoms with Gasteiger partial charge in [-0.1, -0.05) is 25.3 Å². The molecule has 0 atom stereocenters. The number of piperazine rings is 1. The standard InChI is InChI=1S/C20H26N6O/c27-19(23-16-6-2-1-3-7-16)17-9-11-22-20(24-17)26-14-12-25(13-15-26)18-8-4-5-10-21-18/h4-5,8-11,16H,1-3,6-7,12-15H2,(H,23,27). The zero-order valence-corrected chi connectivity index (χ0v) is 15.5. The van der Waals surface area contributed by atoms with Gasteiger partial charge in [0.1, 0.15) is 11.5 Å². The fraction of sp³-hybridized carbons (Fsp3) is 0.500. The fourth-order valence-corrected chi connectivity index (χ4v) is 3.81. The van der Waals surface area contributed by atoms with Crippen molar-refractivity contribution in [2.45, 2.75) is 38.1 Å². The van der Waals surface area contributed by atoms with Gasteiger partial charge in [-0.25, -0.2) is 15.0 Å². The minimum Gasteiger partial charge on any atom is -0.353 e. The molecule has 0 unspecified atom stereocenters. The number of hydrogen-bond donors (Lipinski definition) is 1. The summed E-state index contributed by atoms with van der Waals surface area (Å²) in [5.74, 6) is 1.54. The van der Waals surface area contributed by atoms with Gasteiger partial charge in [0, 0.05) is 44.6 Å². The molecule has 1 saturated heterocycles. The topological polar surface area (TPSA) is 74.2 Å². The molecular weight excluding hydrogens is 340 g/mol. The second-order valence-corrected chi connectivity index (χ2v) is 7.21. The Bertz CT molecular complexity index is 754. The van der Waals surface area contributed by atoms with Crippen molar-refractivity contribution in [3.8, 4) is 0 Å². The summed E-state index contributed by atoms with van der Waals surface area (Å²) < 4.78 is 0. The molecule has 0 aromatic carbocycles. The number of nitrogens with one attached hydrogen (secondary N) is 1. The van der Waals surface area contributed by atoms with Crippen LogP contribution in [0, 0.1) is 0 Å². The molecule has 1 aliphatic heterocycles. The summed E-state index contributed by atoms with van der Waals surface area (Å²) in [7, 11) is 0. The highest BCUT2D eigenvalue weighted by molar-refractivity contribution is 5.92. The monoisotopic (exact) mass is 366 g/mol. The van der Waals surface area contributed by atoms with E-state index in [-0.39, 0.29) is 11.9 Å². The molecule has 1 amide bonds. The van der Waals surface area contributed by atoms with Crippen molar-refractivity contribution in [1.29, 1.82) is 0 Å². The van der Waals surface area contributed by atoms with Gasteiger partial charge in [-0.05, 0) is 31.0 Å². The summed E-state index contributed by atoms with van der Waals surface area (Å²) in [6.07, 6.45) is 9.30. The van der Waals surface area contributed by atoms with Crippen LogP contribution in [0.1, 0.15) is 42.6 Å². The lowest BCUT2D eigenvalue weighted by molar-refractivity contribution is 0.0922. The van der Waals surface area contributed by atoms with Crippen LogP contribution >= 0.6 is 0 Å². The predicted octanol–water partition coefficient (Wildman–Crippen LogP) is 2.26. The van der Waals surface area contributed by atoms with Crippen molar-refractivity contribution >= 4 is 17.7 Å². The number of carbonyl (C=O) groups excluding carboxylic acids is 1. The van der Waals surface area contributed by atoms with E-state index in [9.17, 15) is 4.79 Å². The van der Waals surface area contributed by atoms with Gasteiger partial charge in [0.2, 0.25) is 5.95 Å². The second-order valence-electron chi connectivity index (χ2n) is 7.21. The fourth-order valence-electron chi connectivity index (χ4n) is 3.81. The number of hydrogen-bond acceptors (Lipinski definition) is 6. The van der Waals surface area contributed by atoms with Crippen molar-refractivity contribution in [2.75, 3.05) is 36.0 Å². The number of nitrogens with zero attached hydrogens (tertiary/aromatic N) is 5. The molecule has 4 rings (SSSR count). The van der Waals surface area contributed by atoms with Crippen molar-refractivity contribution in [1.82, 2.24) is 20.3 Å². The van der Waals surface area contributed by atoms with Crippen LogP contribution in [-0.4, -0.2) is 53.1 Å². The first kappa shape index (κ1) is 17.7. The van der Waals surface area contributed by atoms with Crippen LogP contribution in [0.2, 0.25) is 0 Å². The van der Waals surface area contributed by atoms with E-state index in [0.29, 0.717) is 11.6 Å². The molecule has 3 heterocycles. The third kappa shape index (κ3) is 4.35. The molecule has 27 heavy (non-hydrogen) atoms. The molecule has 2 aliphatic rings. The SMILES string of the molecule is O=C(NC1CCCCC1)c1ccnc(N2CCN(c3ccccn3)CC2)n1. The molecule has 2 fully saturated rings. The van der Waals surface area contributed by atoms with Crippen LogP contribution in [0.5, 0.6) is 0 Å². The average molecular weight is 366 g/mol. The summed E-state index contributed by atoms with van der Waals surface area (Å²) >= 11 is 0. The van der Waals surface area contributed by atoms with E-state index in [1.165, 1.54) is 19.3 Å². The molecule has 2 aromatic rings. The van der Waals surface area contributed by atoms with Gasteiger partial charge in [-0.3, -0.25) is 4.79 Å². The maximum absolute atomic E-state index is 12.5. The molecule has 142 valence electrons. The lowest BCUT2D eigenvalue weighted by Crippen LogP contribution is -2.47. The van der Waals surface area contributed by atoms with E-state index in [1.54, 1.807) is 12.3 Å². The molecule has 0 radical (unpaired) electrons. The van der Waals surface area contributed by atoms with Crippen LogP contribution in [0.15, 0.2) is 36.7 Å². The van der Waals surface area contributed by atoms with Gasteiger partial charge < -0.3 is 15.1 Å². The van der Waals surface area contributed by atoms with Crippen molar-refractivity contribution in [3.63, 3.8) is 0 Å². The van der Waals surface area contributed by atoms with Crippen molar-refractivity contribution in [2.24, 2.45) is 0 Å². The molecule has 1 N–H and O–H groups in total. The van der Waals surface area contributed by atoms with Gasteiger partial charge in [0.05, 0.1) is 0 Å². The summed E-state index contributed by atoms with van der Waals surface area (Å²) in [4.78, 5) is 30.3. The minimum absolute atomic E-state index is 0.0855. The summed E-state index contributed by atoms with van der Waals surface area (Å²) in [6, 6.07) is 7.95. The molecule has 0 spiro atoms. The zero-order chi connectivity index (χ0) is 18.5. The molecular formula is C20H26N6O. The molecule has 7 nitrogen and oxygen atoms in total. The Kier molecular flexibility index (Phi) is 5.46. The van der Waals surface area contributed by atoms with Crippen LogP contribution in [-0.2, 0) is 0 Å². The van der Waals surface area contributed by atoms with Gasteiger partial charge in [-0.2, -0.15) is 0 Å². The number of pyridine rings is 1. The first-order chi connectivity index (χ1) is 13.3. The lowest BCUT2D eigenvalue weighted by atomic mass is 9.95. The third-order valence-electron chi connectivity index (χ3n) is 5.35. The Labute approximate surface area is 159 Å². The Morgan fingerprint density at radius 1 is 0.926 bits per heavy atom. The average Bonchev–Trinajstić information content (AvgIpc) is 2.75. The van der Waals surface area contributed by atoms with E-state index in [2.05, 4.69) is 30.1 Å². The first-order valence-electron chi connectivity index (χ1n) is 9.84. The van der Waals surface area contributed by atoms with Crippen LogP contribution < -0.4 is 15.1 Å². The molecule has 1 aliphatic carbocycles. The normalized spacial score (nSPS) is 18.4. The molecule has 1 saturated carbocycles. The zero-order valence-electron chi connectivity index (χ0n) is 15.5. The summed E-state index contributed by atoms with van der Waals surface area (Å²) in [6.45, 7) is 3.34. The molecule has 2 aromatic heterocycles. The Hall–Kier alpha value is -2.70. The summed E-state index contributed by atoms with van der Waals surface area (Å²) in [5.41, 5.74) is 0.456. The largest absolute Gasteiger partial charge is 0.353 e. The van der Waals surface area contributed by atoms with Gasteiger partial charge in [-0.15, -0.1) is 0 Å². The predicted molar refractivity (Wildman–Crippen MR) is 105 cm³/mol. The van der Waals surface area contributed by atoms with Crippen LogP contribution in [0.25, 0.3) is 0 Å². The van der Waals surface area contributed by atoms with E-state index in [0.717, 1.165) is 44.8 Å². The highest BCUT2D eigenvalue weighted by atomic mass is 16.1. The lowest BCUT2D eigenvalue weighted by Gasteiger charge is -2.35. The Morgan fingerprint density at radius 2 is 1.70 bits per heavy atom. The number of rotatable bonds is 4. The van der Waals surface area contributed by atoms with E-state index >= 15 is 0 Å². The van der Waals surface area contributed by atoms with E-state index in [4.69, 9.17) is 0 Å². The highest BCUT2D eigenvalue weighted by Crippen LogP contribution is 2.19. The number of amides is 1. The number of anilines is 2. The second kappa shape index (κ2) is 8.33. The van der Waals surface area contributed by atoms with Crippen molar-refractivity contribution in [3.05, 3.63) is 42.4 Å². The number of aromatic nitrogens is 3. The van der Waals surface area contributed by atoms with Crippen molar-refractivity contribution < 1.29 is 4.79 Å². The maximum atomic E-state index is 12.5. The van der Waals surface area contributed by atoms with Gasteiger partial charge >= 0.3 is 0 Å². The summed E-state index contributed by atoms with van der Waals surface area (Å²) in [5, 5.41) is 3.13. The van der Waals surface area contributed by atoms with E-state index < -0.39 is 0 Å². The van der Waals surface area contributed by atoms with E-state index in [1.807, 2.05) is 24.4 Å². The quantitative estimate of drug-likeness (QED) is 0.895. The maximum Gasteiger partial charge on any atom is 0.270 e. The first-order valence-corrected chi connectivity index (χ1v) is 9.84. The highest BCUT2D eigenvalue weighted by Gasteiger charge is 2.22.